The molecule has 92 valence electrons. The molecule has 0 rings (SSSR count). The number of hydrogen-bond acceptors (Lipinski definition) is 2. The maximum atomic E-state index is 10.1. The second kappa shape index (κ2) is 13.8. The second-order valence-electron chi connectivity index (χ2n) is 3.95. The van der Waals surface area contributed by atoms with Crippen molar-refractivity contribution in [1.82, 2.24) is 0 Å². The Morgan fingerprint density at radius 2 is 1.27 bits per heavy atom. The Balaban J connectivity index is 0. The molecule has 3 heteroatoms. The van der Waals surface area contributed by atoms with Crippen molar-refractivity contribution in [2.24, 2.45) is 0 Å². The van der Waals surface area contributed by atoms with Crippen LogP contribution in [0.5, 0.6) is 0 Å². The third-order valence-corrected chi connectivity index (χ3v) is 2.48. The molecule has 0 heterocycles. The molecule has 0 aliphatic heterocycles. The standard InChI is InChI=1S/C12H24O2.ClH/c1-2-3-4-5-6-7-8-9-10-11-12(13)14;/h2-11H2,1H3,(H,13,14);1H/p-2. The highest BCUT2D eigenvalue weighted by atomic mass is 35.5. The van der Waals surface area contributed by atoms with Crippen LogP contribution >= 0.6 is 0 Å². The summed E-state index contributed by atoms with van der Waals surface area (Å²) in [6, 6.07) is 0. The van der Waals surface area contributed by atoms with Gasteiger partial charge in [0.25, 0.3) is 0 Å². The Morgan fingerprint density at radius 3 is 1.67 bits per heavy atom. The smallest absolute Gasteiger partial charge is 0.0414 e. The Morgan fingerprint density at radius 1 is 0.867 bits per heavy atom. The van der Waals surface area contributed by atoms with Gasteiger partial charge in [-0.15, -0.1) is 0 Å². The van der Waals surface area contributed by atoms with E-state index in [-0.39, 0.29) is 18.8 Å². The van der Waals surface area contributed by atoms with E-state index in [1.54, 1.807) is 0 Å². The predicted molar refractivity (Wildman–Crippen MR) is 56.9 cm³/mol. The van der Waals surface area contributed by atoms with Crippen LogP contribution < -0.4 is 17.5 Å². The van der Waals surface area contributed by atoms with E-state index in [4.69, 9.17) is 0 Å². The third kappa shape index (κ3) is 16.4. The van der Waals surface area contributed by atoms with Crippen molar-refractivity contribution in [2.75, 3.05) is 0 Å². The van der Waals surface area contributed by atoms with Crippen LogP contribution in [0.1, 0.15) is 71.1 Å². The highest BCUT2D eigenvalue weighted by Gasteiger charge is 1.92. The van der Waals surface area contributed by atoms with E-state index in [2.05, 4.69) is 6.92 Å². The normalized spacial score (nSPS) is 9.67. The van der Waals surface area contributed by atoms with Crippen molar-refractivity contribution in [1.29, 1.82) is 0 Å². The number of carboxylic acid groups (broad SMARTS) is 1. The van der Waals surface area contributed by atoms with Crippen LogP contribution in [0.15, 0.2) is 0 Å². The van der Waals surface area contributed by atoms with E-state index in [0.717, 1.165) is 12.8 Å². The van der Waals surface area contributed by atoms with Gasteiger partial charge >= 0.3 is 0 Å². The molecule has 0 amide bonds. The van der Waals surface area contributed by atoms with Gasteiger partial charge in [0.2, 0.25) is 0 Å². The fourth-order valence-corrected chi connectivity index (χ4v) is 1.58. The van der Waals surface area contributed by atoms with E-state index in [1.165, 1.54) is 44.9 Å². The summed E-state index contributed by atoms with van der Waals surface area (Å²) in [4.78, 5) is 10.1. The number of rotatable bonds is 10. The predicted octanol–water partition coefficient (Wildman–Crippen LogP) is -0.339. The average Bonchev–Trinajstić information content (AvgIpc) is 2.15. The van der Waals surface area contributed by atoms with E-state index < -0.39 is 5.97 Å². The lowest BCUT2D eigenvalue weighted by Gasteiger charge is -2.02. The number of carboxylic acids is 1. The van der Waals surface area contributed by atoms with Gasteiger partial charge in [-0.05, 0) is 12.8 Å². The molecule has 0 saturated carbocycles. The molecule has 0 aliphatic carbocycles. The number of halogens is 1. The molecule has 0 bridgehead atoms. The van der Waals surface area contributed by atoms with Gasteiger partial charge in [0.1, 0.15) is 0 Å². The number of aliphatic carboxylic acids is 1. The van der Waals surface area contributed by atoms with Gasteiger partial charge in [-0.1, -0.05) is 58.3 Å². The molecule has 0 aliphatic rings. The summed E-state index contributed by atoms with van der Waals surface area (Å²) in [5, 5.41) is 10.1. The van der Waals surface area contributed by atoms with Crippen LogP contribution in [-0.4, -0.2) is 5.97 Å². The molecule has 0 spiro atoms. The molecule has 0 atom stereocenters. The molecule has 15 heavy (non-hydrogen) atoms. The monoisotopic (exact) mass is 234 g/mol. The molecule has 0 saturated heterocycles. The zero-order valence-corrected chi connectivity index (χ0v) is 10.5. The van der Waals surface area contributed by atoms with Gasteiger partial charge in [-0.2, -0.15) is 0 Å². The summed E-state index contributed by atoms with van der Waals surface area (Å²) in [5.74, 6) is -0.909. The number of unbranched alkanes of at least 4 members (excludes halogenated alkanes) is 8. The second-order valence-corrected chi connectivity index (χ2v) is 3.95. The summed E-state index contributed by atoms with van der Waals surface area (Å²) in [5.41, 5.74) is 0. The van der Waals surface area contributed by atoms with Gasteiger partial charge in [0.15, 0.2) is 0 Å². The molecule has 0 aromatic heterocycles. The van der Waals surface area contributed by atoms with E-state index in [1.807, 2.05) is 0 Å². The highest BCUT2D eigenvalue weighted by molar-refractivity contribution is 5.63. The molecule has 0 radical (unpaired) electrons. The van der Waals surface area contributed by atoms with E-state index >= 15 is 0 Å². The lowest BCUT2D eigenvalue weighted by Crippen LogP contribution is -3.00. The first kappa shape index (κ1) is 17.2. The molecular formula is C12H23ClO2-2. The van der Waals surface area contributed by atoms with Crippen LogP contribution in [0, 0.1) is 0 Å². The first-order valence-corrected chi connectivity index (χ1v) is 5.97. The van der Waals surface area contributed by atoms with Crippen molar-refractivity contribution in [3.05, 3.63) is 0 Å². The van der Waals surface area contributed by atoms with Crippen LogP contribution in [-0.2, 0) is 4.79 Å². The molecule has 0 aromatic rings. The molecule has 0 N–H and O–H groups in total. The van der Waals surface area contributed by atoms with Crippen molar-refractivity contribution in [3.8, 4) is 0 Å². The van der Waals surface area contributed by atoms with Gasteiger partial charge in [0, 0.05) is 5.97 Å². The summed E-state index contributed by atoms with van der Waals surface area (Å²) in [6.45, 7) is 2.22. The van der Waals surface area contributed by atoms with Crippen LogP contribution in [0.25, 0.3) is 0 Å². The first-order chi connectivity index (χ1) is 6.77. The summed E-state index contributed by atoms with van der Waals surface area (Å²) in [6.07, 6.45) is 11.2. The zero-order valence-electron chi connectivity index (χ0n) is 9.77. The highest BCUT2D eigenvalue weighted by Crippen LogP contribution is 2.09. The molecule has 0 aromatic carbocycles. The lowest BCUT2D eigenvalue weighted by molar-refractivity contribution is -0.305. The van der Waals surface area contributed by atoms with E-state index in [9.17, 15) is 9.90 Å². The zero-order chi connectivity index (χ0) is 10.6. The van der Waals surface area contributed by atoms with Gasteiger partial charge in [0.05, 0.1) is 0 Å². The molecular weight excluding hydrogens is 212 g/mol. The van der Waals surface area contributed by atoms with Gasteiger partial charge in [-0.25, -0.2) is 0 Å². The van der Waals surface area contributed by atoms with Crippen LogP contribution in [0.3, 0.4) is 0 Å². The quantitative estimate of drug-likeness (QED) is 0.486. The third-order valence-electron chi connectivity index (χ3n) is 2.48. The topological polar surface area (TPSA) is 40.1 Å². The minimum atomic E-state index is -0.909. The Kier molecular flexibility index (Phi) is 15.7. The maximum absolute atomic E-state index is 10.1. The van der Waals surface area contributed by atoms with Crippen molar-refractivity contribution >= 4 is 5.97 Å². The van der Waals surface area contributed by atoms with Crippen molar-refractivity contribution < 1.29 is 22.3 Å². The Labute approximate surface area is 99.9 Å². The fraction of sp³-hybridized carbons (Fsp3) is 0.917. The molecule has 0 unspecified atom stereocenters. The molecule has 0 fully saturated rings. The Bertz CT molecular complexity index is 138. The lowest BCUT2D eigenvalue weighted by atomic mass is 10.1. The van der Waals surface area contributed by atoms with Gasteiger partial charge in [-0.3, -0.25) is 0 Å². The largest absolute Gasteiger partial charge is 1.00 e. The average molecular weight is 235 g/mol. The molecule has 2 nitrogen and oxygen atoms in total. The number of hydrogen-bond donors (Lipinski definition) is 0. The number of carbonyl (C=O) groups is 1. The number of carbonyl (C=O) groups excluding carboxylic acids is 1. The summed E-state index contributed by atoms with van der Waals surface area (Å²) in [7, 11) is 0. The summed E-state index contributed by atoms with van der Waals surface area (Å²) < 4.78 is 0. The minimum Gasteiger partial charge on any atom is -1.00 e. The fourth-order valence-electron chi connectivity index (χ4n) is 1.58. The van der Waals surface area contributed by atoms with Crippen LogP contribution in [0.4, 0.5) is 0 Å². The SMILES string of the molecule is CCCCCCCCCCCC(=O)[O-].[Cl-]. The van der Waals surface area contributed by atoms with Gasteiger partial charge < -0.3 is 22.3 Å². The van der Waals surface area contributed by atoms with Crippen molar-refractivity contribution in [3.63, 3.8) is 0 Å². The van der Waals surface area contributed by atoms with Crippen molar-refractivity contribution in [2.45, 2.75) is 71.1 Å². The van der Waals surface area contributed by atoms with Crippen LogP contribution in [0.2, 0.25) is 0 Å². The van der Waals surface area contributed by atoms with E-state index in [0.29, 0.717) is 0 Å². The minimum absolute atomic E-state index is 0. The first-order valence-electron chi connectivity index (χ1n) is 5.97. The summed E-state index contributed by atoms with van der Waals surface area (Å²) >= 11 is 0. The Hall–Kier alpha value is -0.240. The maximum Gasteiger partial charge on any atom is 0.0414 e.